The lowest BCUT2D eigenvalue weighted by Gasteiger charge is -2.00. The number of nitrogens with zero attached hydrogens (tertiary/aromatic N) is 1. The first-order valence-corrected chi connectivity index (χ1v) is 7.52. The van der Waals surface area contributed by atoms with Crippen LogP contribution in [-0.4, -0.2) is 26.2 Å². The fraction of sp³-hybridized carbons (Fsp3) is 0.333. The van der Waals surface area contributed by atoms with Crippen LogP contribution in [-0.2, 0) is 14.6 Å². The molecule has 1 aliphatic carbocycles. The first-order valence-electron chi connectivity index (χ1n) is 5.18. The number of aldehydes is 1. The van der Waals surface area contributed by atoms with Crippen molar-refractivity contribution in [1.29, 1.82) is 5.26 Å². The highest BCUT2D eigenvalue weighted by Gasteiger charge is 2.71. The van der Waals surface area contributed by atoms with Gasteiger partial charge in [-0.15, -0.1) is 0 Å². The van der Waals surface area contributed by atoms with Crippen molar-refractivity contribution < 1.29 is 13.2 Å². The molecule has 4 nitrogen and oxygen atoms in total. The van der Waals surface area contributed by atoms with E-state index in [-0.39, 0.29) is 0 Å². The smallest absolute Gasteiger partial charge is 0.153 e. The van der Waals surface area contributed by atoms with Gasteiger partial charge >= 0.3 is 0 Å². The summed E-state index contributed by atoms with van der Waals surface area (Å²) in [6, 6.07) is 8.42. The third-order valence-electron chi connectivity index (χ3n) is 3.24. The van der Waals surface area contributed by atoms with Gasteiger partial charge in [-0.25, -0.2) is 8.42 Å². The van der Waals surface area contributed by atoms with Crippen LogP contribution >= 0.6 is 11.6 Å². The van der Waals surface area contributed by atoms with E-state index >= 15 is 0 Å². The Labute approximate surface area is 110 Å². The Hall–Kier alpha value is -1.38. The van der Waals surface area contributed by atoms with Crippen molar-refractivity contribution in [2.24, 2.45) is 5.41 Å². The van der Waals surface area contributed by atoms with Crippen LogP contribution in [0.5, 0.6) is 0 Å². The van der Waals surface area contributed by atoms with Gasteiger partial charge < -0.3 is 4.79 Å². The maximum absolute atomic E-state index is 11.7. The van der Waals surface area contributed by atoms with Gasteiger partial charge in [0.05, 0.1) is 11.3 Å². The van der Waals surface area contributed by atoms with Gasteiger partial charge in [0.25, 0.3) is 0 Å². The molecule has 0 saturated heterocycles. The monoisotopic (exact) mass is 283 g/mol. The number of carbonyl (C=O) groups excluding carboxylic acids is 1. The average molecular weight is 284 g/mol. The quantitative estimate of drug-likeness (QED) is 0.789. The second-order valence-corrected chi connectivity index (χ2v) is 7.05. The summed E-state index contributed by atoms with van der Waals surface area (Å²) in [5.41, 5.74) is -0.871. The summed E-state index contributed by atoms with van der Waals surface area (Å²) in [5.74, 6) is -0.631. The number of nitriles is 1. The van der Waals surface area contributed by atoms with E-state index in [0.29, 0.717) is 16.9 Å². The summed E-state index contributed by atoms with van der Waals surface area (Å²) in [6.45, 7) is 0. The van der Waals surface area contributed by atoms with E-state index in [9.17, 15) is 13.2 Å². The topological polar surface area (TPSA) is 75.0 Å². The fourth-order valence-electron chi connectivity index (χ4n) is 2.43. The molecule has 0 spiro atoms. The van der Waals surface area contributed by atoms with Crippen LogP contribution in [0, 0.1) is 16.7 Å². The van der Waals surface area contributed by atoms with E-state index in [1.807, 2.05) is 6.07 Å². The summed E-state index contributed by atoms with van der Waals surface area (Å²) in [4.78, 5) is 11.1. The zero-order valence-corrected chi connectivity index (χ0v) is 11.1. The highest BCUT2D eigenvalue weighted by Crippen LogP contribution is 2.61. The number of hydrogen-bond donors (Lipinski definition) is 0. The standard InChI is InChI=1S/C12H10ClNO3S/c1-18(16,17)11-10(12(11,6-14)7-15)8-3-2-4-9(13)5-8/h2-5,7,10-11H,1H3/t10-,11+,12-/m1/s1. The van der Waals surface area contributed by atoms with Crippen LogP contribution in [0.3, 0.4) is 0 Å². The maximum atomic E-state index is 11.7. The van der Waals surface area contributed by atoms with Gasteiger partial charge in [0.1, 0.15) is 11.7 Å². The van der Waals surface area contributed by atoms with Gasteiger partial charge in [-0.1, -0.05) is 23.7 Å². The van der Waals surface area contributed by atoms with E-state index in [0.717, 1.165) is 6.26 Å². The summed E-state index contributed by atoms with van der Waals surface area (Å²) < 4.78 is 23.3. The highest BCUT2D eigenvalue weighted by molar-refractivity contribution is 7.91. The van der Waals surface area contributed by atoms with Crippen LogP contribution in [0.15, 0.2) is 24.3 Å². The minimum Gasteiger partial charge on any atom is -0.302 e. The molecule has 0 N–H and O–H groups in total. The average Bonchev–Trinajstić information content (AvgIpc) is 2.98. The molecule has 1 aromatic carbocycles. The molecular formula is C12H10ClNO3S. The highest BCUT2D eigenvalue weighted by atomic mass is 35.5. The number of sulfone groups is 1. The van der Waals surface area contributed by atoms with Crippen LogP contribution in [0.4, 0.5) is 0 Å². The molecule has 94 valence electrons. The van der Waals surface area contributed by atoms with E-state index in [2.05, 4.69) is 0 Å². The first-order chi connectivity index (χ1) is 8.36. The molecule has 0 aliphatic heterocycles. The molecule has 0 amide bonds. The zero-order chi connectivity index (χ0) is 13.6. The summed E-state index contributed by atoms with van der Waals surface area (Å²) in [6.07, 6.45) is 1.47. The summed E-state index contributed by atoms with van der Waals surface area (Å²) in [5, 5.41) is 8.58. The van der Waals surface area contributed by atoms with Crippen LogP contribution in [0.25, 0.3) is 0 Å². The third kappa shape index (κ3) is 1.82. The van der Waals surface area contributed by atoms with Crippen molar-refractivity contribution in [2.75, 3.05) is 6.26 Å². The summed E-state index contributed by atoms with van der Waals surface area (Å²) in [7, 11) is -3.47. The van der Waals surface area contributed by atoms with Crippen LogP contribution < -0.4 is 0 Å². The van der Waals surface area contributed by atoms with Crippen molar-refractivity contribution in [3.63, 3.8) is 0 Å². The number of halogens is 1. The number of hydrogen-bond acceptors (Lipinski definition) is 4. The predicted molar refractivity (Wildman–Crippen MR) is 66.9 cm³/mol. The molecule has 1 fully saturated rings. The zero-order valence-electron chi connectivity index (χ0n) is 9.50. The Morgan fingerprint density at radius 3 is 2.56 bits per heavy atom. The molecule has 0 radical (unpaired) electrons. The second-order valence-electron chi connectivity index (χ2n) is 4.45. The van der Waals surface area contributed by atoms with Crippen LogP contribution in [0.1, 0.15) is 11.5 Å². The lowest BCUT2D eigenvalue weighted by atomic mass is 10.0. The van der Waals surface area contributed by atoms with E-state index in [4.69, 9.17) is 16.9 Å². The summed E-state index contributed by atoms with van der Waals surface area (Å²) >= 11 is 5.84. The molecule has 0 heterocycles. The molecule has 2 rings (SSSR count). The Balaban J connectivity index is 2.52. The molecule has 0 bridgehead atoms. The molecule has 0 unspecified atom stereocenters. The largest absolute Gasteiger partial charge is 0.302 e. The lowest BCUT2D eigenvalue weighted by Crippen LogP contribution is -2.14. The van der Waals surface area contributed by atoms with Crippen molar-refractivity contribution in [2.45, 2.75) is 11.2 Å². The Bertz CT molecular complexity index is 650. The third-order valence-corrected chi connectivity index (χ3v) is 5.06. The van der Waals surface area contributed by atoms with Gasteiger partial charge in [-0.05, 0) is 17.7 Å². The number of carbonyl (C=O) groups is 1. The molecule has 6 heteroatoms. The van der Waals surface area contributed by atoms with E-state index in [1.165, 1.54) is 0 Å². The normalized spacial score (nSPS) is 30.5. The van der Waals surface area contributed by atoms with Crippen molar-refractivity contribution in [1.82, 2.24) is 0 Å². The lowest BCUT2D eigenvalue weighted by molar-refractivity contribution is -0.110. The second kappa shape index (κ2) is 4.08. The van der Waals surface area contributed by atoms with E-state index in [1.54, 1.807) is 24.3 Å². The van der Waals surface area contributed by atoms with Crippen LogP contribution in [0.2, 0.25) is 5.02 Å². The minimum atomic E-state index is -3.47. The van der Waals surface area contributed by atoms with Crippen molar-refractivity contribution in [3.05, 3.63) is 34.9 Å². The van der Waals surface area contributed by atoms with Gasteiger partial charge in [-0.2, -0.15) is 5.26 Å². The fourth-order valence-corrected chi connectivity index (χ4v) is 4.39. The minimum absolute atomic E-state index is 0.435. The first kappa shape index (κ1) is 13.1. The predicted octanol–water partition coefficient (Wildman–Crippen LogP) is 1.56. The number of benzene rings is 1. The van der Waals surface area contributed by atoms with Crippen molar-refractivity contribution >= 4 is 27.7 Å². The SMILES string of the molecule is CS(=O)(=O)[C@H]1[C@@H](c2cccc(Cl)c2)[C@@]1(C#N)C=O. The molecule has 1 saturated carbocycles. The molecule has 1 aliphatic rings. The van der Waals surface area contributed by atoms with Gasteiger partial charge in [0.15, 0.2) is 9.84 Å². The maximum Gasteiger partial charge on any atom is 0.153 e. The number of rotatable bonds is 3. The molecule has 1 aromatic rings. The Kier molecular flexibility index (Phi) is 2.96. The molecular weight excluding hydrogens is 274 g/mol. The van der Waals surface area contributed by atoms with Gasteiger partial charge in [-0.3, -0.25) is 0 Å². The molecule has 0 aromatic heterocycles. The molecule has 3 atom stereocenters. The Morgan fingerprint density at radius 1 is 1.50 bits per heavy atom. The molecule has 18 heavy (non-hydrogen) atoms. The van der Waals surface area contributed by atoms with E-state index < -0.39 is 26.4 Å². The van der Waals surface area contributed by atoms with Gasteiger partial charge in [0, 0.05) is 17.2 Å². The van der Waals surface area contributed by atoms with Crippen molar-refractivity contribution in [3.8, 4) is 6.07 Å². The Morgan fingerprint density at radius 2 is 2.17 bits per heavy atom. The van der Waals surface area contributed by atoms with Gasteiger partial charge in [0.2, 0.25) is 0 Å².